The fourth-order valence-corrected chi connectivity index (χ4v) is 3.64. The Kier molecular flexibility index (Phi) is 8.83. The number of hydrogen-bond donors (Lipinski definition) is 1. The highest BCUT2D eigenvalue weighted by atomic mass is 32.2. The van der Waals surface area contributed by atoms with Crippen molar-refractivity contribution in [1.82, 2.24) is 14.8 Å². The number of benzene rings is 1. The third-order valence-electron chi connectivity index (χ3n) is 4.58. The zero-order valence-corrected chi connectivity index (χ0v) is 18.5. The summed E-state index contributed by atoms with van der Waals surface area (Å²) in [5.74, 6) is 1.86. The van der Waals surface area contributed by atoms with Crippen molar-refractivity contribution in [3.8, 4) is 5.75 Å². The second-order valence-electron chi connectivity index (χ2n) is 7.16. The molecule has 1 aromatic carbocycles. The molecule has 28 heavy (non-hydrogen) atoms. The van der Waals surface area contributed by atoms with Gasteiger partial charge in [0.15, 0.2) is 5.16 Å². The molecular formula is C21H33N5OS. The topological polar surface area (TPSA) is 66.5 Å². The highest BCUT2D eigenvalue weighted by Crippen LogP contribution is 2.23. The average molecular weight is 404 g/mol. The number of hydrogen-bond acceptors (Lipinski definition) is 6. The van der Waals surface area contributed by atoms with E-state index >= 15 is 0 Å². The Morgan fingerprint density at radius 2 is 2.00 bits per heavy atom. The Hall–Kier alpha value is -2.02. The molecule has 154 valence electrons. The number of nitrogens with zero attached hydrogens (tertiary/aromatic N) is 5. The summed E-state index contributed by atoms with van der Waals surface area (Å²) >= 11 is 1.64. The van der Waals surface area contributed by atoms with Crippen LogP contribution in [-0.4, -0.2) is 52.0 Å². The average Bonchev–Trinajstić information content (AvgIpc) is 3.05. The van der Waals surface area contributed by atoms with Crippen molar-refractivity contribution in [2.75, 3.05) is 30.8 Å². The minimum Gasteiger partial charge on any atom is -0.507 e. The predicted octanol–water partition coefficient (Wildman–Crippen LogP) is 4.26. The summed E-state index contributed by atoms with van der Waals surface area (Å²) in [6.45, 7) is 12.1. The Morgan fingerprint density at radius 1 is 1.25 bits per heavy atom. The van der Waals surface area contributed by atoms with Crippen molar-refractivity contribution < 1.29 is 5.11 Å². The molecule has 0 aliphatic carbocycles. The number of thioether (sulfide) groups is 1. The summed E-state index contributed by atoms with van der Waals surface area (Å²) in [4.78, 5) is 6.69. The van der Waals surface area contributed by atoms with Gasteiger partial charge in [-0.1, -0.05) is 25.6 Å². The van der Waals surface area contributed by atoms with Gasteiger partial charge in [0, 0.05) is 56.1 Å². The monoisotopic (exact) mass is 403 g/mol. The molecule has 6 nitrogen and oxygen atoms in total. The van der Waals surface area contributed by atoms with Gasteiger partial charge in [-0.05, 0) is 44.6 Å². The SMILES string of the molecule is CCN(CC)c1ccc(C=NCCCc2nnc(SC)n2CC(C)C)c(O)c1. The standard InChI is InChI=1S/C21H33N5OS/c1-6-25(7-2)18-11-10-17(19(27)13-18)14-22-12-8-9-20-23-24-21(28-5)26(20)15-16(3)4/h10-11,13-14,16,27H,6-9,12,15H2,1-5H3. The normalized spacial score (nSPS) is 11.6. The van der Waals surface area contributed by atoms with Gasteiger partial charge in [-0.15, -0.1) is 10.2 Å². The molecule has 0 unspecified atom stereocenters. The van der Waals surface area contributed by atoms with E-state index in [9.17, 15) is 5.11 Å². The zero-order chi connectivity index (χ0) is 20.5. The van der Waals surface area contributed by atoms with Crippen LogP contribution in [0, 0.1) is 5.92 Å². The molecule has 0 aliphatic heterocycles. The Balaban J connectivity index is 1.92. The largest absolute Gasteiger partial charge is 0.507 e. The van der Waals surface area contributed by atoms with Crippen LogP contribution in [-0.2, 0) is 13.0 Å². The first-order chi connectivity index (χ1) is 13.5. The van der Waals surface area contributed by atoms with Gasteiger partial charge in [0.1, 0.15) is 11.6 Å². The first-order valence-electron chi connectivity index (χ1n) is 10.0. The molecule has 0 aliphatic rings. The Bertz CT molecular complexity index is 768. The van der Waals surface area contributed by atoms with E-state index in [-0.39, 0.29) is 5.75 Å². The molecule has 0 radical (unpaired) electrons. The molecule has 0 bridgehead atoms. The van der Waals surface area contributed by atoms with E-state index in [4.69, 9.17) is 0 Å². The van der Waals surface area contributed by atoms with Gasteiger partial charge in [0.05, 0.1) is 0 Å². The van der Waals surface area contributed by atoms with Gasteiger partial charge in [-0.3, -0.25) is 4.99 Å². The van der Waals surface area contributed by atoms with Gasteiger partial charge in [0.2, 0.25) is 0 Å². The van der Waals surface area contributed by atoms with Crippen molar-refractivity contribution in [2.24, 2.45) is 10.9 Å². The molecule has 1 aromatic heterocycles. The number of aryl methyl sites for hydroxylation is 1. The van der Waals surface area contributed by atoms with E-state index in [1.807, 2.05) is 24.5 Å². The van der Waals surface area contributed by atoms with Crippen LogP contribution in [0.15, 0.2) is 28.3 Å². The van der Waals surface area contributed by atoms with Crippen molar-refractivity contribution in [3.63, 3.8) is 0 Å². The van der Waals surface area contributed by atoms with E-state index in [1.54, 1.807) is 18.0 Å². The highest BCUT2D eigenvalue weighted by molar-refractivity contribution is 7.98. The molecule has 0 amide bonds. The highest BCUT2D eigenvalue weighted by Gasteiger charge is 2.12. The predicted molar refractivity (Wildman–Crippen MR) is 119 cm³/mol. The van der Waals surface area contributed by atoms with E-state index in [2.05, 4.69) is 52.4 Å². The van der Waals surface area contributed by atoms with Crippen LogP contribution in [0.2, 0.25) is 0 Å². The molecular weight excluding hydrogens is 370 g/mol. The number of phenols is 1. The van der Waals surface area contributed by atoms with E-state index in [0.29, 0.717) is 12.5 Å². The summed E-state index contributed by atoms with van der Waals surface area (Å²) in [6, 6.07) is 5.77. The lowest BCUT2D eigenvalue weighted by Crippen LogP contribution is -2.21. The molecule has 0 saturated heterocycles. The quantitative estimate of drug-likeness (QED) is 0.345. The second kappa shape index (κ2) is 11.1. The first kappa shape index (κ1) is 22.3. The van der Waals surface area contributed by atoms with Crippen molar-refractivity contribution in [1.29, 1.82) is 0 Å². The Labute approximate surface area is 173 Å². The number of phenolic OH excluding ortho intramolecular Hbond substituents is 1. The van der Waals surface area contributed by atoms with E-state index < -0.39 is 0 Å². The molecule has 7 heteroatoms. The summed E-state index contributed by atoms with van der Waals surface area (Å²) in [7, 11) is 0. The number of anilines is 1. The number of aromatic hydroxyl groups is 1. The van der Waals surface area contributed by atoms with Crippen molar-refractivity contribution in [3.05, 3.63) is 29.6 Å². The van der Waals surface area contributed by atoms with Crippen LogP contribution in [0.3, 0.4) is 0 Å². The summed E-state index contributed by atoms with van der Waals surface area (Å²) in [5.41, 5.74) is 1.79. The molecule has 0 spiro atoms. The molecule has 1 heterocycles. The number of rotatable bonds is 11. The lowest BCUT2D eigenvalue weighted by Gasteiger charge is -2.21. The Morgan fingerprint density at radius 3 is 2.61 bits per heavy atom. The van der Waals surface area contributed by atoms with Gasteiger partial charge in [0.25, 0.3) is 0 Å². The van der Waals surface area contributed by atoms with Crippen molar-refractivity contribution in [2.45, 2.75) is 52.2 Å². The fourth-order valence-electron chi connectivity index (χ4n) is 3.12. The molecule has 0 saturated carbocycles. The molecule has 2 aromatic rings. The van der Waals surface area contributed by atoms with Gasteiger partial charge in [-0.2, -0.15) is 0 Å². The molecule has 0 atom stereocenters. The van der Waals surface area contributed by atoms with Crippen LogP contribution in [0.5, 0.6) is 5.75 Å². The first-order valence-corrected chi connectivity index (χ1v) is 11.3. The maximum Gasteiger partial charge on any atom is 0.190 e. The molecule has 1 N–H and O–H groups in total. The lowest BCUT2D eigenvalue weighted by molar-refractivity contribution is 0.474. The van der Waals surface area contributed by atoms with Gasteiger partial charge in [-0.25, -0.2) is 0 Å². The van der Waals surface area contributed by atoms with E-state index in [0.717, 1.165) is 54.7 Å². The van der Waals surface area contributed by atoms with Gasteiger partial charge < -0.3 is 14.6 Å². The number of aromatic nitrogens is 3. The maximum absolute atomic E-state index is 10.3. The van der Waals surface area contributed by atoms with Crippen LogP contribution in [0.4, 0.5) is 5.69 Å². The fraction of sp³-hybridized carbons (Fsp3) is 0.571. The van der Waals surface area contributed by atoms with Crippen LogP contribution in [0.25, 0.3) is 0 Å². The van der Waals surface area contributed by atoms with Crippen molar-refractivity contribution >= 4 is 23.7 Å². The molecule has 0 fully saturated rings. The minimum absolute atomic E-state index is 0.273. The molecule has 2 rings (SSSR count). The second-order valence-corrected chi connectivity index (χ2v) is 7.94. The third kappa shape index (κ3) is 5.99. The summed E-state index contributed by atoms with van der Waals surface area (Å²) in [6.07, 6.45) is 5.55. The van der Waals surface area contributed by atoms with Gasteiger partial charge >= 0.3 is 0 Å². The van der Waals surface area contributed by atoms with Crippen LogP contribution >= 0.6 is 11.8 Å². The van der Waals surface area contributed by atoms with Crippen LogP contribution < -0.4 is 4.90 Å². The summed E-state index contributed by atoms with van der Waals surface area (Å²) in [5, 5.41) is 19.9. The minimum atomic E-state index is 0.273. The lowest BCUT2D eigenvalue weighted by atomic mass is 10.2. The third-order valence-corrected chi connectivity index (χ3v) is 5.25. The maximum atomic E-state index is 10.3. The smallest absolute Gasteiger partial charge is 0.190 e. The summed E-state index contributed by atoms with van der Waals surface area (Å²) < 4.78 is 2.22. The van der Waals surface area contributed by atoms with E-state index in [1.165, 1.54) is 0 Å². The number of aliphatic imine (C=N–C) groups is 1. The zero-order valence-electron chi connectivity index (χ0n) is 17.7. The van der Waals surface area contributed by atoms with Crippen LogP contribution in [0.1, 0.15) is 45.5 Å².